The third-order valence-electron chi connectivity index (χ3n) is 3.67. The Bertz CT molecular complexity index is 425. The maximum atomic E-state index is 13.9. The van der Waals surface area contributed by atoms with Crippen LogP contribution in [0.25, 0.3) is 0 Å². The SMILES string of the molecule is CCCC(C)(CC)c1c(F)c(F)c(C)c(F)c1F. The van der Waals surface area contributed by atoms with Crippen LogP contribution in [0.15, 0.2) is 0 Å². The lowest BCUT2D eigenvalue weighted by Crippen LogP contribution is -2.26. The molecule has 0 fully saturated rings. The van der Waals surface area contributed by atoms with E-state index in [9.17, 15) is 17.6 Å². The fourth-order valence-electron chi connectivity index (χ4n) is 2.30. The number of halogens is 4. The normalized spacial score (nSPS) is 14.7. The summed E-state index contributed by atoms with van der Waals surface area (Å²) in [5.74, 6) is -5.10. The lowest BCUT2D eigenvalue weighted by atomic mass is 9.75. The number of rotatable bonds is 4. The van der Waals surface area contributed by atoms with Crippen LogP contribution in [0, 0.1) is 30.2 Å². The van der Waals surface area contributed by atoms with Gasteiger partial charge in [0.1, 0.15) is 0 Å². The van der Waals surface area contributed by atoms with Gasteiger partial charge in [0.05, 0.1) is 0 Å². The molecule has 0 N–H and O–H groups in total. The summed E-state index contributed by atoms with van der Waals surface area (Å²) in [6.45, 7) is 6.28. The minimum Gasteiger partial charge on any atom is -0.203 e. The summed E-state index contributed by atoms with van der Waals surface area (Å²) in [6, 6.07) is 0. The highest BCUT2D eigenvalue weighted by atomic mass is 19.2. The van der Waals surface area contributed by atoms with Gasteiger partial charge in [0.25, 0.3) is 0 Å². The maximum Gasteiger partial charge on any atom is 0.165 e. The first kappa shape index (κ1) is 15.0. The van der Waals surface area contributed by atoms with E-state index in [1.165, 1.54) is 0 Å². The van der Waals surface area contributed by atoms with Crippen molar-refractivity contribution in [3.05, 3.63) is 34.4 Å². The molecule has 0 aliphatic carbocycles. The van der Waals surface area contributed by atoms with Gasteiger partial charge in [-0.05, 0) is 25.2 Å². The van der Waals surface area contributed by atoms with Crippen LogP contribution in [-0.2, 0) is 5.41 Å². The van der Waals surface area contributed by atoms with E-state index in [-0.39, 0.29) is 0 Å². The zero-order chi connectivity index (χ0) is 14.1. The van der Waals surface area contributed by atoms with Gasteiger partial charge < -0.3 is 0 Å². The van der Waals surface area contributed by atoms with Crippen molar-refractivity contribution in [3.8, 4) is 0 Å². The predicted octanol–water partition coefficient (Wildman–Crippen LogP) is 5.02. The van der Waals surface area contributed by atoms with Gasteiger partial charge in [0.15, 0.2) is 23.3 Å². The van der Waals surface area contributed by atoms with E-state index in [2.05, 4.69) is 0 Å². The van der Waals surface area contributed by atoms with E-state index in [1.807, 2.05) is 6.92 Å². The molecule has 0 amide bonds. The average molecular weight is 262 g/mol. The predicted molar refractivity (Wildman–Crippen MR) is 63.6 cm³/mol. The molecule has 0 bridgehead atoms. The van der Waals surface area contributed by atoms with E-state index < -0.39 is 39.8 Å². The summed E-state index contributed by atoms with van der Waals surface area (Å²) < 4.78 is 55.0. The topological polar surface area (TPSA) is 0 Å². The van der Waals surface area contributed by atoms with E-state index in [4.69, 9.17) is 0 Å². The third-order valence-corrected chi connectivity index (χ3v) is 3.67. The largest absolute Gasteiger partial charge is 0.203 e. The minimum atomic E-state index is -1.29. The first-order valence-electron chi connectivity index (χ1n) is 6.13. The van der Waals surface area contributed by atoms with Crippen molar-refractivity contribution < 1.29 is 17.6 Å². The van der Waals surface area contributed by atoms with Gasteiger partial charge in [0.2, 0.25) is 0 Å². The molecule has 0 nitrogen and oxygen atoms in total. The molecule has 0 aliphatic heterocycles. The van der Waals surface area contributed by atoms with Crippen molar-refractivity contribution in [1.82, 2.24) is 0 Å². The van der Waals surface area contributed by atoms with Gasteiger partial charge in [-0.2, -0.15) is 0 Å². The molecule has 0 heterocycles. The monoisotopic (exact) mass is 262 g/mol. The van der Waals surface area contributed by atoms with E-state index >= 15 is 0 Å². The van der Waals surface area contributed by atoms with Crippen molar-refractivity contribution in [2.75, 3.05) is 0 Å². The Morgan fingerprint density at radius 2 is 1.33 bits per heavy atom. The smallest absolute Gasteiger partial charge is 0.165 e. The second-order valence-corrected chi connectivity index (χ2v) is 4.92. The third kappa shape index (κ3) is 2.25. The molecular formula is C14H18F4. The van der Waals surface area contributed by atoms with Gasteiger partial charge in [0, 0.05) is 11.1 Å². The van der Waals surface area contributed by atoms with Crippen molar-refractivity contribution in [2.24, 2.45) is 0 Å². The highest BCUT2D eigenvalue weighted by molar-refractivity contribution is 5.34. The van der Waals surface area contributed by atoms with E-state index in [0.29, 0.717) is 19.3 Å². The average Bonchev–Trinajstić information content (AvgIpc) is 2.34. The second kappa shape index (κ2) is 5.29. The van der Waals surface area contributed by atoms with Gasteiger partial charge in [-0.3, -0.25) is 0 Å². The summed E-state index contributed by atoms with van der Waals surface area (Å²) in [4.78, 5) is 0. The summed E-state index contributed by atoms with van der Waals surface area (Å²) in [7, 11) is 0. The molecule has 0 aromatic heterocycles. The molecule has 1 aromatic rings. The van der Waals surface area contributed by atoms with Crippen LogP contribution < -0.4 is 0 Å². The molecule has 1 aromatic carbocycles. The summed E-state index contributed by atoms with van der Waals surface area (Å²) >= 11 is 0. The van der Waals surface area contributed by atoms with Gasteiger partial charge in [-0.25, -0.2) is 17.6 Å². The van der Waals surface area contributed by atoms with Crippen molar-refractivity contribution in [2.45, 2.75) is 52.4 Å². The summed E-state index contributed by atoms with van der Waals surface area (Å²) in [6.07, 6.45) is 1.57. The molecule has 1 atom stereocenters. The Morgan fingerprint density at radius 3 is 1.67 bits per heavy atom. The molecule has 0 spiro atoms. The quantitative estimate of drug-likeness (QED) is 0.528. The molecule has 0 radical (unpaired) electrons. The Labute approximate surface area is 105 Å². The van der Waals surface area contributed by atoms with Crippen molar-refractivity contribution in [1.29, 1.82) is 0 Å². The molecule has 1 unspecified atom stereocenters. The van der Waals surface area contributed by atoms with Crippen LogP contribution in [0.5, 0.6) is 0 Å². The highest BCUT2D eigenvalue weighted by Gasteiger charge is 2.35. The maximum absolute atomic E-state index is 13.9. The summed E-state index contributed by atoms with van der Waals surface area (Å²) in [5, 5.41) is 0. The zero-order valence-corrected chi connectivity index (χ0v) is 11.1. The first-order chi connectivity index (χ1) is 8.30. The molecular weight excluding hydrogens is 244 g/mol. The van der Waals surface area contributed by atoms with Gasteiger partial charge >= 0.3 is 0 Å². The molecule has 0 saturated heterocycles. The Morgan fingerprint density at radius 1 is 0.889 bits per heavy atom. The van der Waals surface area contributed by atoms with Crippen molar-refractivity contribution in [3.63, 3.8) is 0 Å². The number of hydrogen-bond acceptors (Lipinski definition) is 0. The molecule has 18 heavy (non-hydrogen) atoms. The van der Waals surface area contributed by atoms with Crippen LogP contribution in [0.1, 0.15) is 51.2 Å². The molecule has 1 rings (SSSR count). The van der Waals surface area contributed by atoms with Crippen LogP contribution in [0.3, 0.4) is 0 Å². The Kier molecular flexibility index (Phi) is 4.41. The molecule has 4 heteroatoms. The lowest BCUT2D eigenvalue weighted by molar-refractivity contribution is 0.345. The van der Waals surface area contributed by atoms with Crippen LogP contribution >= 0.6 is 0 Å². The molecule has 0 saturated carbocycles. The summed E-state index contributed by atoms with van der Waals surface area (Å²) in [5.41, 5.74) is -1.96. The molecule has 0 aliphatic rings. The van der Waals surface area contributed by atoms with Gasteiger partial charge in [-0.1, -0.05) is 27.2 Å². The number of hydrogen-bond donors (Lipinski definition) is 0. The van der Waals surface area contributed by atoms with Crippen molar-refractivity contribution >= 4 is 0 Å². The Balaban J connectivity index is 3.59. The standard InChI is InChI=1S/C14H18F4/c1-5-7-14(4,6-2)9-12(17)10(15)8(3)11(16)13(9)18/h5-7H2,1-4H3. The van der Waals surface area contributed by atoms with Gasteiger partial charge in [-0.15, -0.1) is 0 Å². The van der Waals surface area contributed by atoms with E-state index in [0.717, 1.165) is 6.92 Å². The van der Waals surface area contributed by atoms with Crippen LogP contribution in [-0.4, -0.2) is 0 Å². The fraction of sp³-hybridized carbons (Fsp3) is 0.571. The second-order valence-electron chi connectivity index (χ2n) is 4.92. The van der Waals surface area contributed by atoms with Crippen LogP contribution in [0.2, 0.25) is 0 Å². The zero-order valence-electron chi connectivity index (χ0n) is 11.1. The van der Waals surface area contributed by atoms with E-state index in [1.54, 1.807) is 13.8 Å². The lowest BCUT2D eigenvalue weighted by Gasteiger charge is -2.30. The molecule has 102 valence electrons. The van der Waals surface area contributed by atoms with Crippen LogP contribution in [0.4, 0.5) is 17.6 Å². The highest BCUT2D eigenvalue weighted by Crippen LogP contribution is 2.38. The fourth-order valence-corrected chi connectivity index (χ4v) is 2.30. The Hall–Kier alpha value is -1.06. The first-order valence-corrected chi connectivity index (χ1v) is 6.13. The number of benzene rings is 1. The minimum absolute atomic E-state index is 0.413.